The van der Waals surface area contributed by atoms with Gasteiger partial charge in [-0.05, 0) is 90.3 Å². The van der Waals surface area contributed by atoms with Crippen LogP contribution in [-0.4, -0.2) is 106 Å². The maximum Gasteiger partial charge on any atom is 0.326 e. The summed E-state index contributed by atoms with van der Waals surface area (Å²) in [6.07, 6.45) is 3.54. The van der Waals surface area contributed by atoms with E-state index in [-0.39, 0.29) is 67.4 Å². The Hall–Kier alpha value is -6.09. The highest BCUT2D eigenvalue weighted by Gasteiger charge is 2.47. The number of benzene rings is 3. The van der Waals surface area contributed by atoms with Gasteiger partial charge in [0.25, 0.3) is 0 Å². The molecule has 0 saturated carbocycles. The fourth-order valence-corrected chi connectivity index (χ4v) is 9.88. The normalized spacial score (nSPS) is 21.2. The summed E-state index contributed by atoms with van der Waals surface area (Å²) in [4.78, 5) is 101. The number of rotatable bonds is 16. The van der Waals surface area contributed by atoms with Gasteiger partial charge in [-0.2, -0.15) is 0 Å². The van der Waals surface area contributed by atoms with Gasteiger partial charge in [-0.3, -0.25) is 28.8 Å². The molecular formula is C55H75N7O8. The summed E-state index contributed by atoms with van der Waals surface area (Å²) in [6.45, 7) is 16.8. The van der Waals surface area contributed by atoms with Crippen LogP contribution in [0.3, 0.4) is 0 Å². The summed E-state index contributed by atoms with van der Waals surface area (Å²) in [5.41, 5.74) is 3.85. The van der Waals surface area contributed by atoms with Crippen molar-refractivity contribution in [3.8, 4) is 0 Å². The standard InChI is InChI=1S/C55H75N7O8/c1-11-32(2)47(63)59-45(54(4,5)6)51(67)61-30-38-27-36(24-25-37(38)28-43(61)50(66)58-42(53(69)70)26-34-18-13-12-14-19-34)39-29-44(49(65)57-41-23-17-21-35-20-15-16-22-40(35)41)62(31-39)52(68)46(55(7,8)9)60-48(64)33(3)56-10/h12-16,18-20,22,24-25,27,32-33,39,41-46,56H,11,17,21,23,26,28-31H2,1-10H3,(H,57,65)(H,58,66)(H,59,63)(H,60,64)(H,69,70)/t32-,33+,39+,41?,42?,43+,44+,45-,46-/m1/s1. The Labute approximate surface area is 413 Å². The molecule has 0 spiro atoms. The first-order chi connectivity index (χ1) is 33.0. The Bertz CT molecular complexity index is 2410. The monoisotopic (exact) mass is 962 g/mol. The lowest BCUT2D eigenvalue weighted by Gasteiger charge is -2.41. The molecule has 3 aromatic rings. The number of carbonyl (C=O) groups excluding carboxylic acids is 6. The van der Waals surface area contributed by atoms with Gasteiger partial charge in [-0.25, -0.2) is 4.79 Å². The van der Waals surface area contributed by atoms with E-state index in [1.54, 1.807) is 50.1 Å². The summed E-state index contributed by atoms with van der Waals surface area (Å²) in [7, 11) is 1.67. The third-order valence-corrected chi connectivity index (χ3v) is 14.6. The van der Waals surface area contributed by atoms with Gasteiger partial charge in [-0.15, -0.1) is 0 Å². The number of aliphatic carboxylic acids is 1. The molecule has 6 amide bonds. The van der Waals surface area contributed by atoms with Gasteiger partial charge in [0.2, 0.25) is 35.4 Å². The second-order valence-corrected chi connectivity index (χ2v) is 21.8. The second kappa shape index (κ2) is 22.3. The van der Waals surface area contributed by atoms with Gasteiger partial charge < -0.3 is 41.5 Å². The number of nitrogens with one attached hydrogen (secondary N) is 5. The van der Waals surface area contributed by atoms with Crippen LogP contribution in [0, 0.1) is 16.7 Å². The largest absolute Gasteiger partial charge is 0.480 e. The van der Waals surface area contributed by atoms with Crippen LogP contribution in [0.1, 0.15) is 133 Å². The maximum atomic E-state index is 15.0. The summed E-state index contributed by atoms with van der Waals surface area (Å²) in [5.74, 6) is -4.28. The van der Waals surface area contributed by atoms with Gasteiger partial charge in [0.15, 0.2) is 0 Å². The molecule has 2 unspecified atom stereocenters. The minimum atomic E-state index is -1.27. The number of likely N-dealkylation sites (N-methyl/N-ethyl adjacent to an activating group) is 1. The van der Waals surface area contributed by atoms with E-state index in [1.807, 2.05) is 90.9 Å². The summed E-state index contributed by atoms with van der Waals surface area (Å²) < 4.78 is 0. The number of aryl methyl sites for hydroxylation is 1. The smallest absolute Gasteiger partial charge is 0.326 e. The van der Waals surface area contributed by atoms with Gasteiger partial charge in [-0.1, -0.05) is 128 Å². The third-order valence-electron chi connectivity index (χ3n) is 14.6. The molecule has 3 aliphatic rings. The number of hydrogen-bond donors (Lipinski definition) is 6. The zero-order valence-corrected chi connectivity index (χ0v) is 42.7. The van der Waals surface area contributed by atoms with E-state index in [4.69, 9.17) is 0 Å². The number of carboxylic acid groups (broad SMARTS) is 1. The Balaban J connectivity index is 1.36. The lowest BCUT2D eigenvalue weighted by molar-refractivity contribution is -0.149. The van der Waals surface area contributed by atoms with Gasteiger partial charge in [0.05, 0.1) is 12.1 Å². The second-order valence-electron chi connectivity index (χ2n) is 21.8. The van der Waals surface area contributed by atoms with Crippen molar-refractivity contribution in [3.05, 3.63) is 106 Å². The molecule has 2 aliphatic heterocycles. The summed E-state index contributed by atoms with van der Waals surface area (Å²) in [6, 6.07) is 16.9. The number of hydrogen-bond acceptors (Lipinski definition) is 8. The minimum Gasteiger partial charge on any atom is -0.480 e. The van der Waals surface area contributed by atoms with Crippen molar-refractivity contribution in [2.75, 3.05) is 13.6 Å². The van der Waals surface area contributed by atoms with Crippen LogP contribution >= 0.6 is 0 Å². The first-order valence-electron chi connectivity index (χ1n) is 25.0. The number of fused-ring (bicyclic) bond motifs is 2. The van der Waals surface area contributed by atoms with Crippen molar-refractivity contribution >= 4 is 41.4 Å². The lowest BCUT2D eigenvalue weighted by atomic mass is 9.83. The fourth-order valence-electron chi connectivity index (χ4n) is 9.88. The molecule has 0 aromatic heterocycles. The van der Waals surface area contributed by atoms with Crippen LogP contribution in [0.5, 0.6) is 0 Å². The molecule has 1 saturated heterocycles. The molecule has 1 aliphatic carbocycles. The zero-order chi connectivity index (χ0) is 51.2. The first kappa shape index (κ1) is 53.3. The molecule has 15 heteroatoms. The van der Waals surface area contributed by atoms with Crippen molar-refractivity contribution < 1.29 is 38.7 Å². The van der Waals surface area contributed by atoms with Crippen LogP contribution in [0.25, 0.3) is 0 Å². The average molecular weight is 962 g/mol. The van der Waals surface area contributed by atoms with E-state index >= 15 is 4.79 Å². The summed E-state index contributed by atoms with van der Waals surface area (Å²) >= 11 is 0. The zero-order valence-electron chi connectivity index (χ0n) is 42.7. The van der Waals surface area contributed by atoms with Gasteiger partial charge in [0, 0.05) is 37.8 Å². The lowest BCUT2D eigenvalue weighted by Crippen LogP contribution is -2.62. The number of carboxylic acids is 1. The molecule has 6 rings (SSSR count). The molecule has 3 aromatic carbocycles. The van der Waals surface area contributed by atoms with E-state index < -0.39 is 64.9 Å². The number of carbonyl (C=O) groups is 7. The predicted octanol–water partition coefficient (Wildman–Crippen LogP) is 5.35. The maximum absolute atomic E-state index is 15.0. The van der Waals surface area contributed by atoms with Gasteiger partial charge >= 0.3 is 5.97 Å². The van der Waals surface area contributed by atoms with Crippen LogP contribution in [0.2, 0.25) is 0 Å². The molecule has 2 heterocycles. The Kier molecular flexibility index (Phi) is 17.0. The molecule has 1 fully saturated rings. The van der Waals surface area contributed by atoms with E-state index in [0.717, 1.165) is 47.1 Å². The highest BCUT2D eigenvalue weighted by atomic mass is 16.4. The molecule has 0 radical (unpaired) electrons. The van der Waals surface area contributed by atoms with Crippen molar-refractivity contribution in [1.82, 2.24) is 36.4 Å². The quantitative estimate of drug-likeness (QED) is 0.109. The number of amides is 6. The third kappa shape index (κ3) is 12.4. The van der Waals surface area contributed by atoms with E-state index in [1.165, 1.54) is 10.5 Å². The Morgan fingerprint density at radius 2 is 1.36 bits per heavy atom. The number of nitrogens with zero attached hydrogens (tertiary/aromatic N) is 2. The molecule has 6 N–H and O–H groups in total. The molecule has 9 atom stereocenters. The topological polar surface area (TPSA) is 206 Å². The summed E-state index contributed by atoms with van der Waals surface area (Å²) in [5, 5.41) is 25.2. The minimum absolute atomic E-state index is 0.0234. The molecule has 0 bridgehead atoms. The average Bonchev–Trinajstić information content (AvgIpc) is 3.78. The number of likely N-dealkylation sites (tertiary alicyclic amines) is 1. The highest BCUT2D eigenvalue weighted by molar-refractivity contribution is 5.96. The molecule has 378 valence electrons. The van der Waals surface area contributed by atoms with Crippen molar-refractivity contribution in [2.45, 2.75) is 162 Å². The van der Waals surface area contributed by atoms with E-state index in [9.17, 15) is 33.9 Å². The molecule has 15 nitrogen and oxygen atoms in total. The van der Waals surface area contributed by atoms with E-state index in [0.29, 0.717) is 12.8 Å². The fraction of sp³-hybridized carbons (Fsp3) is 0.545. The first-order valence-corrected chi connectivity index (χ1v) is 25.0. The van der Waals surface area contributed by atoms with Crippen LogP contribution in [0.4, 0.5) is 0 Å². The van der Waals surface area contributed by atoms with Crippen molar-refractivity contribution in [3.63, 3.8) is 0 Å². The van der Waals surface area contributed by atoms with Crippen LogP contribution in [0.15, 0.2) is 72.8 Å². The van der Waals surface area contributed by atoms with E-state index in [2.05, 4.69) is 32.7 Å². The predicted molar refractivity (Wildman–Crippen MR) is 268 cm³/mol. The Morgan fingerprint density at radius 1 is 0.729 bits per heavy atom. The van der Waals surface area contributed by atoms with Gasteiger partial charge in [0.1, 0.15) is 30.2 Å². The van der Waals surface area contributed by atoms with Crippen molar-refractivity contribution in [1.29, 1.82) is 0 Å². The molecular weight excluding hydrogens is 887 g/mol. The highest BCUT2D eigenvalue weighted by Crippen LogP contribution is 2.38. The molecule has 70 heavy (non-hydrogen) atoms. The van der Waals surface area contributed by atoms with Crippen LogP contribution in [-0.2, 0) is 59.4 Å². The SMILES string of the molecule is CC[C@@H](C)C(=O)N[C@H](C(=O)N1Cc2cc([C@H]3C[C@@H](C(=O)NC4CCCc5ccccc54)N(C(=O)[C@@H](NC(=O)[C@H](C)NC)C(C)(C)C)C3)ccc2C[C@H]1C(=O)NC(Cc1ccccc1)C(=O)O)C(C)(C)C. The van der Waals surface area contributed by atoms with Crippen LogP contribution < -0.4 is 26.6 Å². The van der Waals surface area contributed by atoms with Crippen molar-refractivity contribution in [2.24, 2.45) is 16.7 Å². The Morgan fingerprint density at radius 3 is 1.99 bits per heavy atom.